The number of amides is 1. The van der Waals surface area contributed by atoms with E-state index in [0.717, 1.165) is 0 Å². The van der Waals surface area contributed by atoms with Gasteiger partial charge in [0.25, 0.3) is 0 Å². The Labute approximate surface area is 87.6 Å². The van der Waals surface area contributed by atoms with E-state index in [9.17, 15) is 23.1 Å². The highest BCUT2D eigenvalue weighted by atomic mass is 19.4. The van der Waals surface area contributed by atoms with E-state index in [4.69, 9.17) is 10.2 Å². The van der Waals surface area contributed by atoms with Gasteiger partial charge in [0.05, 0.1) is 6.61 Å². The predicted molar refractivity (Wildman–Crippen MR) is 42.0 cm³/mol. The summed E-state index contributed by atoms with van der Waals surface area (Å²) in [6.07, 6.45) is -11.7. The molecule has 4 N–H and O–H groups in total. The average Bonchev–Trinajstić information content (AvgIpc) is 2.17. The lowest BCUT2D eigenvalue weighted by atomic mass is 10.0. The summed E-state index contributed by atoms with van der Waals surface area (Å²) in [7, 11) is 0. The maximum Gasteiger partial charge on any atom is 0.471 e. The van der Waals surface area contributed by atoms with E-state index in [1.54, 1.807) is 0 Å². The van der Waals surface area contributed by atoms with E-state index >= 15 is 0 Å². The second-order valence-corrected chi connectivity index (χ2v) is 3.27. The van der Waals surface area contributed by atoms with Gasteiger partial charge >= 0.3 is 12.1 Å². The summed E-state index contributed by atoms with van der Waals surface area (Å²) < 4.78 is 40.1. The van der Waals surface area contributed by atoms with Crippen molar-refractivity contribution in [2.75, 3.05) is 6.61 Å². The molecule has 6 nitrogen and oxygen atoms in total. The first-order valence-corrected chi connectivity index (χ1v) is 4.27. The van der Waals surface area contributed by atoms with Crippen LogP contribution in [0.25, 0.3) is 0 Å². The summed E-state index contributed by atoms with van der Waals surface area (Å²) in [5, 5.41) is 28.7. The molecule has 0 aromatic heterocycles. The molecule has 0 radical (unpaired) electrons. The van der Waals surface area contributed by atoms with Crippen molar-refractivity contribution in [2.45, 2.75) is 30.7 Å². The third-order valence-electron chi connectivity index (χ3n) is 2.03. The molecule has 16 heavy (non-hydrogen) atoms. The number of hydrogen-bond donors (Lipinski definition) is 4. The largest absolute Gasteiger partial charge is 0.471 e. The van der Waals surface area contributed by atoms with Crippen molar-refractivity contribution in [3.8, 4) is 0 Å². The van der Waals surface area contributed by atoms with Gasteiger partial charge in [-0.05, 0) is 0 Å². The Balaban J connectivity index is 2.59. The van der Waals surface area contributed by atoms with Crippen molar-refractivity contribution in [3.63, 3.8) is 0 Å². The quantitative estimate of drug-likeness (QED) is 0.432. The van der Waals surface area contributed by atoms with Crippen molar-refractivity contribution >= 4 is 5.91 Å². The molecular formula is C7H10F3NO5. The third-order valence-corrected chi connectivity index (χ3v) is 2.03. The van der Waals surface area contributed by atoms with E-state index < -0.39 is 43.2 Å². The van der Waals surface area contributed by atoms with Crippen LogP contribution in [0.1, 0.15) is 0 Å². The zero-order valence-corrected chi connectivity index (χ0v) is 7.81. The van der Waals surface area contributed by atoms with Crippen molar-refractivity contribution < 1.29 is 38.0 Å². The lowest BCUT2D eigenvalue weighted by Gasteiger charge is -2.35. The molecule has 0 spiro atoms. The number of aliphatic hydroxyl groups is 3. The summed E-state index contributed by atoms with van der Waals surface area (Å²) in [6.45, 7) is -0.485. The molecule has 94 valence electrons. The number of ether oxygens (including phenoxy) is 1. The van der Waals surface area contributed by atoms with Gasteiger partial charge in [-0.2, -0.15) is 13.2 Å². The van der Waals surface area contributed by atoms with Crippen molar-refractivity contribution in [1.29, 1.82) is 0 Å². The minimum absolute atomic E-state index is 0.485. The molecule has 0 saturated carbocycles. The molecule has 4 atom stereocenters. The number of carbonyl (C=O) groups excluding carboxylic acids is 1. The van der Waals surface area contributed by atoms with E-state index in [-0.39, 0.29) is 0 Å². The molecule has 0 aromatic rings. The number of nitrogens with one attached hydrogen (secondary N) is 1. The first-order valence-electron chi connectivity index (χ1n) is 4.27. The first kappa shape index (κ1) is 13.2. The summed E-state index contributed by atoms with van der Waals surface area (Å²) in [4.78, 5) is 10.5. The average molecular weight is 245 g/mol. The molecule has 0 unspecified atom stereocenters. The molecule has 1 aliphatic heterocycles. The SMILES string of the molecule is O=C(N[C@@H]1OC[C@@H](O)[C@H](O)[C@H]1O)C(F)(F)F. The van der Waals surface area contributed by atoms with Crippen LogP contribution in [0, 0.1) is 0 Å². The van der Waals surface area contributed by atoms with Crippen LogP contribution >= 0.6 is 0 Å². The van der Waals surface area contributed by atoms with Gasteiger partial charge in [-0.1, -0.05) is 0 Å². The Morgan fingerprint density at radius 1 is 1.25 bits per heavy atom. The van der Waals surface area contributed by atoms with Crippen molar-refractivity contribution in [3.05, 3.63) is 0 Å². The van der Waals surface area contributed by atoms with E-state index in [2.05, 4.69) is 4.74 Å². The second kappa shape index (κ2) is 4.53. The Kier molecular flexibility index (Phi) is 3.73. The second-order valence-electron chi connectivity index (χ2n) is 3.27. The van der Waals surface area contributed by atoms with Gasteiger partial charge in [-0.25, -0.2) is 0 Å². The Morgan fingerprint density at radius 3 is 2.31 bits per heavy atom. The maximum atomic E-state index is 11.8. The molecular weight excluding hydrogens is 235 g/mol. The monoisotopic (exact) mass is 245 g/mol. The van der Waals surface area contributed by atoms with Crippen LogP contribution in [0.3, 0.4) is 0 Å². The summed E-state index contributed by atoms with van der Waals surface area (Å²) in [5.74, 6) is -2.29. The molecule has 1 rings (SSSR count). The molecule has 1 aliphatic rings. The van der Waals surface area contributed by atoms with Crippen molar-refractivity contribution in [2.24, 2.45) is 0 Å². The number of carbonyl (C=O) groups is 1. The molecule has 9 heteroatoms. The number of halogens is 3. The molecule has 0 aliphatic carbocycles. The fraction of sp³-hybridized carbons (Fsp3) is 0.857. The fourth-order valence-electron chi connectivity index (χ4n) is 1.14. The van der Waals surface area contributed by atoms with Gasteiger partial charge in [0.15, 0.2) is 6.23 Å². The van der Waals surface area contributed by atoms with Crippen LogP contribution in [-0.2, 0) is 9.53 Å². The van der Waals surface area contributed by atoms with Gasteiger partial charge in [-0.3, -0.25) is 4.79 Å². The maximum absolute atomic E-state index is 11.8. The van der Waals surface area contributed by atoms with Crippen LogP contribution < -0.4 is 5.32 Å². The molecule has 1 saturated heterocycles. The molecule has 1 heterocycles. The highest BCUT2D eigenvalue weighted by Crippen LogP contribution is 2.18. The van der Waals surface area contributed by atoms with Crippen LogP contribution in [-0.4, -0.2) is 58.5 Å². The van der Waals surface area contributed by atoms with Gasteiger partial charge in [0.1, 0.15) is 18.3 Å². The Bertz CT molecular complexity index is 271. The Morgan fingerprint density at radius 2 is 1.81 bits per heavy atom. The third kappa shape index (κ3) is 2.82. The number of aliphatic hydroxyl groups excluding tert-OH is 3. The number of rotatable bonds is 1. The first-order chi connectivity index (χ1) is 7.23. The molecule has 0 bridgehead atoms. The van der Waals surface area contributed by atoms with Gasteiger partial charge in [0, 0.05) is 0 Å². The molecule has 1 amide bonds. The van der Waals surface area contributed by atoms with Crippen LogP contribution in [0.15, 0.2) is 0 Å². The number of hydrogen-bond acceptors (Lipinski definition) is 5. The summed E-state index contributed by atoms with van der Waals surface area (Å²) in [6, 6.07) is 0. The molecule has 0 aromatic carbocycles. The standard InChI is InChI=1S/C7H10F3NO5/c8-7(9,10)6(15)11-5-4(14)3(13)2(12)1-16-5/h2-5,12-14H,1H2,(H,11,15)/t2-,3+,4-,5-/m1/s1. The number of alkyl halides is 3. The normalized spacial score (nSPS) is 35.9. The van der Waals surface area contributed by atoms with Crippen molar-refractivity contribution in [1.82, 2.24) is 5.32 Å². The van der Waals surface area contributed by atoms with Crippen LogP contribution in [0.5, 0.6) is 0 Å². The van der Waals surface area contributed by atoms with Crippen LogP contribution in [0.4, 0.5) is 13.2 Å². The van der Waals surface area contributed by atoms with Gasteiger partial charge in [-0.15, -0.1) is 0 Å². The predicted octanol–water partition coefficient (Wildman–Crippen LogP) is -1.90. The van der Waals surface area contributed by atoms with Crippen LogP contribution in [0.2, 0.25) is 0 Å². The summed E-state index contributed by atoms with van der Waals surface area (Å²) in [5.41, 5.74) is 0. The van der Waals surface area contributed by atoms with E-state index in [1.165, 1.54) is 5.32 Å². The summed E-state index contributed by atoms with van der Waals surface area (Å²) >= 11 is 0. The topological polar surface area (TPSA) is 99.0 Å². The van der Waals surface area contributed by atoms with Gasteiger partial charge < -0.3 is 25.4 Å². The minimum atomic E-state index is -5.11. The molecule has 1 fully saturated rings. The van der Waals surface area contributed by atoms with E-state index in [1.807, 2.05) is 0 Å². The fourth-order valence-corrected chi connectivity index (χ4v) is 1.14. The highest BCUT2D eigenvalue weighted by Gasteiger charge is 2.44. The zero-order chi connectivity index (χ0) is 12.5. The Hall–Kier alpha value is -0.900. The lowest BCUT2D eigenvalue weighted by molar-refractivity contribution is -0.208. The highest BCUT2D eigenvalue weighted by molar-refractivity contribution is 5.81. The minimum Gasteiger partial charge on any atom is -0.388 e. The zero-order valence-electron chi connectivity index (χ0n) is 7.81. The van der Waals surface area contributed by atoms with Gasteiger partial charge in [0.2, 0.25) is 0 Å². The van der Waals surface area contributed by atoms with E-state index in [0.29, 0.717) is 0 Å². The lowest BCUT2D eigenvalue weighted by Crippen LogP contribution is -2.60. The smallest absolute Gasteiger partial charge is 0.388 e.